The number of hydrogen-bond acceptors (Lipinski definition) is 1. The summed E-state index contributed by atoms with van der Waals surface area (Å²) in [5.41, 5.74) is 0. The molecule has 0 saturated carbocycles. The van der Waals surface area contributed by atoms with E-state index in [2.05, 4.69) is 19.1 Å². The summed E-state index contributed by atoms with van der Waals surface area (Å²) in [5, 5.41) is 8.47. The Labute approximate surface area is 225 Å². The van der Waals surface area contributed by atoms with Crippen molar-refractivity contribution in [1.82, 2.24) is 0 Å². The van der Waals surface area contributed by atoms with Crippen LogP contribution in [0.15, 0.2) is 48.6 Å². The van der Waals surface area contributed by atoms with Crippen molar-refractivity contribution in [1.29, 1.82) is 0 Å². The van der Waals surface area contributed by atoms with E-state index >= 15 is 0 Å². The third-order valence-electron chi connectivity index (χ3n) is 6.90. The maximum atomic E-state index is 10.3. The van der Waals surface area contributed by atoms with Crippen LogP contribution in [0.5, 0.6) is 0 Å². The van der Waals surface area contributed by atoms with E-state index < -0.39 is 5.97 Å². The highest BCUT2D eigenvalue weighted by atomic mass is 16.4. The van der Waals surface area contributed by atoms with Gasteiger partial charge in [-0.05, 0) is 12.8 Å². The van der Waals surface area contributed by atoms with Gasteiger partial charge in [-0.1, -0.05) is 191 Å². The SMILES string of the molecule is CCCCCCCCCCCCCCCCCCCCCCCCCC=CC=CC=CC=CC(=O)O. The first-order valence-electron chi connectivity index (χ1n) is 15.7. The first-order valence-corrected chi connectivity index (χ1v) is 15.7. The van der Waals surface area contributed by atoms with Gasteiger partial charge in [0.05, 0.1) is 0 Å². The van der Waals surface area contributed by atoms with Gasteiger partial charge in [0.15, 0.2) is 0 Å². The summed E-state index contributed by atoms with van der Waals surface area (Å²) in [6.07, 6.45) is 48.5. The monoisotopic (exact) mass is 500 g/mol. The molecule has 0 aliphatic rings. The molecular formula is C34H60O2. The van der Waals surface area contributed by atoms with Crippen molar-refractivity contribution in [2.45, 2.75) is 161 Å². The maximum Gasteiger partial charge on any atom is 0.328 e. The molecule has 208 valence electrons. The molecule has 0 bridgehead atoms. The highest BCUT2D eigenvalue weighted by molar-refractivity contribution is 5.80. The van der Waals surface area contributed by atoms with E-state index in [9.17, 15) is 4.79 Å². The Morgan fingerprint density at radius 2 is 0.750 bits per heavy atom. The van der Waals surface area contributed by atoms with Gasteiger partial charge in [-0.15, -0.1) is 0 Å². The number of allylic oxidation sites excluding steroid dienone is 7. The summed E-state index contributed by atoms with van der Waals surface area (Å²) >= 11 is 0. The fourth-order valence-corrected chi connectivity index (χ4v) is 4.62. The molecule has 0 saturated heterocycles. The Morgan fingerprint density at radius 3 is 1.11 bits per heavy atom. The number of carbonyl (C=O) groups is 1. The van der Waals surface area contributed by atoms with Crippen molar-refractivity contribution in [2.24, 2.45) is 0 Å². The third kappa shape index (κ3) is 32.4. The lowest BCUT2D eigenvalue weighted by Crippen LogP contribution is -1.84. The Hall–Kier alpha value is -1.57. The fraction of sp³-hybridized carbons (Fsp3) is 0.735. The number of carboxylic acid groups (broad SMARTS) is 1. The van der Waals surface area contributed by atoms with Crippen molar-refractivity contribution < 1.29 is 9.90 Å². The van der Waals surface area contributed by atoms with E-state index in [4.69, 9.17) is 5.11 Å². The second kappa shape index (κ2) is 31.5. The van der Waals surface area contributed by atoms with Gasteiger partial charge in [0.25, 0.3) is 0 Å². The van der Waals surface area contributed by atoms with Gasteiger partial charge in [0.2, 0.25) is 0 Å². The highest BCUT2D eigenvalue weighted by Gasteiger charge is 1.96. The van der Waals surface area contributed by atoms with Gasteiger partial charge in [0, 0.05) is 6.08 Å². The molecular weight excluding hydrogens is 440 g/mol. The molecule has 1 N–H and O–H groups in total. The Bertz CT molecular complexity index is 556. The van der Waals surface area contributed by atoms with E-state index in [0.717, 1.165) is 12.5 Å². The maximum absolute atomic E-state index is 10.3. The minimum absolute atomic E-state index is 0.918. The molecule has 0 aromatic carbocycles. The lowest BCUT2D eigenvalue weighted by molar-refractivity contribution is -0.131. The Balaban J connectivity index is 3.17. The van der Waals surface area contributed by atoms with E-state index in [1.165, 1.54) is 154 Å². The minimum atomic E-state index is -0.918. The second-order valence-corrected chi connectivity index (χ2v) is 10.5. The van der Waals surface area contributed by atoms with Crippen LogP contribution in [-0.4, -0.2) is 11.1 Å². The first kappa shape index (κ1) is 34.4. The van der Waals surface area contributed by atoms with Crippen LogP contribution in [0.2, 0.25) is 0 Å². The van der Waals surface area contributed by atoms with E-state index in [1.54, 1.807) is 6.08 Å². The topological polar surface area (TPSA) is 37.3 Å². The molecule has 0 rings (SSSR count). The summed E-state index contributed by atoms with van der Waals surface area (Å²) in [4.78, 5) is 10.3. The van der Waals surface area contributed by atoms with Crippen LogP contribution in [0.25, 0.3) is 0 Å². The summed E-state index contributed by atoms with van der Waals surface area (Å²) in [7, 11) is 0. The standard InChI is InChI=1S/C34H60O2/c1-2-3-4-5-6-7-8-9-10-11-12-13-14-15-16-17-18-19-20-21-22-23-24-25-26-27-28-29-30-31-32-33-34(35)36/h26-33H,2-25H2,1H3,(H,35,36). The minimum Gasteiger partial charge on any atom is -0.478 e. The van der Waals surface area contributed by atoms with Gasteiger partial charge in [-0.25, -0.2) is 4.79 Å². The van der Waals surface area contributed by atoms with Crippen molar-refractivity contribution in [2.75, 3.05) is 0 Å². The van der Waals surface area contributed by atoms with Crippen molar-refractivity contribution in [3.8, 4) is 0 Å². The van der Waals surface area contributed by atoms with Gasteiger partial charge in [-0.2, -0.15) is 0 Å². The van der Waals surface area contributed by atoms with Crippen molar-refractivity contribution >= 4 is 5.97 Å². The third-order valence-corrected chi connectivity index (χ3v) is 6.90. The van der Waals surface area contributed by atoms with Gasteiger partial charge >= 0.3 is 5.97 Å². The molecule has 2 nitrogen and oxygen atoms in total. The van der Waals surface area contributed by atoms with Crippen molar-refractivity contribution in [3.63, 3.8) is 0 Å². The average Bonchev–Trinajstić information content (AvgIpc) is 2.87. The quantitative estimate of drug-likeness (QED) is 0.0658. The molecule has 0 spiro atoms. The van der Waals surface area contributed by atoms with Gasteiger partial charge < -0.3 is 5.11 Å². The van der Waals surface area contributed by atoms with Crippen LogP contribution in [0.4, 0.5) is 0 Å². The molecule has 36 heavy (non-hydrogen) atoms. The molecule has 0 fully saturated rings. The average molecular weight is 501 g/mol. The Morgan fingerprint density at radius 1 is 0.444 bits per heavy atom. The van der Waals surface area contributed by atoms with Crippen LogP contribution >= 0.6 is 0 Å². The zero-order valence-corrected chi connectivity index (χ0v) is 23.9. The fourth-order valence-electron chi connectivity index (χ4n) is 4.62. The number of aliphatic carboxylic acids is 1. The molecule has 0 aliphatic heterocycles. The van der Waals surface area contributed by atoms with E-state index in [-0.39, 0.29) is 0 Å². The van der Waals surface area contributed by atoms with Crippen LogP contribution < -0.4 is 0 Å². The largest absolute Gasteiger partial charge is 0.478 e. The normalized spacial score (nSPS) is 12.2. The molecule has 0 radical (unpaired) electrons. The highest BCUT2D eigenvalue weighted by Crippen LogP contribution is 2.15. The molecule has 0 unspecified atom stereocenters. The van der Waals surface area contributed by atoms with E-state index in [1.807, 2.05) is 18.2 Å². The number of hydrogen-bond donors (Lipinski definition) is 1. The molecule has 0 aromatic heterocycles. The van der Waals surface area contributed by atoms with Gasteiger partial charge in [0.1, 0.15) is 0 Å². The molecule has 0 aliphatic carbocycles. The summed E-state index contributed by atoms with van der Waals surface area (Å²) in [6.45, 7) is 2.30. The predicted octanol–water partition coefficient (Wildman–Crippen LogP) is 11.7. The van der Waals surface area contributed by atoms with Crippen LogP contribution in [0, 0.1) is 0 Å². The summed E-state index contributed by atoms with van der Waals surface area (Å²) in [5.74, 6) is -0.918. The number of rotatable bonds is 28. The van der Waals surface area contributed by atoms with Crippen molar-refractivity contribution in [3.05, 3.63) is 48.6 Å². The smallest absolute Gasteiger partial charge is 0.328 e. The van der Waals surface area contributed by atoms with Gasteiger partial charge in [-0.3, -0.25) is 0 Å². The molecule has 2 heteroatoms. The first-order chi connectivity index (χ1) is 17.8. The molecule has 0 heterocycles. The summed E-state index contributed by atoms with van der Waals surface area (Å²) in [6, 6.07) is 0. The van der Waals surface area contributed by atoms with Crippen LogP contribution in [-0.2, 0) is 4.79 Å². The zero-order chi connectivity index (χ0) is 26.2. The molecule has 0 aromatic rings. The van der Waals surface area contributed by atoms with E-state index in [0.29, 0.717) is 0 Å². The zero-order valence-electron chi connectivity index (χ0n) is 23.9. The predicted molar refractivity (Wildman–Crippen MR) is 161 cm³/mol. The number of carboxylic acids is 1. The van der Waals surface area contributed by atoms with Crippen LogP contribution in [0.3, 0.4) is 0 Å². The Kier molecular flexibility index (Phi) is 30.1. The number of unbranched alkanes of at least 4 members (excludes halogenated alkanes) is 23. The summed E-state index contributed by atoms with van der Waals surface area (Å²) < 4.78 is 0. The lowest BCUT2D eigenvalue weighted by Gasteiger charge is -2.04. The van der Waals surface area contributed by atoms with Crippen LogP contribution in [0.1, 0.15) is 161 Å². The molecule has 0 amide bonds. The molecule has 0 atom stereocenters. The second-order valence-electron chi connectivity index (χ2n) is 10.5. The lowest BCUT2D eigenvalue weighted by atomic mass is 10.0.